The van der Waals surface area contributed by atoms with E-state index >= 15 is 0 Å². The van der Waals surface area contributed by atoms with E-state index in [1.165, 1.54) is 29.8 Å². The molecule has 1 aliphatic heterocycles. The van der Waals surface area contributed by atoms with Gasteiger partial charge in [0.2, 0.25) is 0 Å². The highest BCUT2D eigenvalue weighted by molar-refractivity contribution is 5.29. The second kappa shape index (κ2) is 4.92. The van der Waals surface area contributed by atoms with Crippen molar-refractivity contribution in [3.05, 3.63) is 59.7 Å². The molecular weight excluding hydrogens is 258 g/mol. The quantitative estimate of drug-likeness (QED) is 0.865. The van der Waals surface area contributed by atoms with E-state index in [1.807, 2.05) is 6.20 Å². The van der Waals surface area contributed by atoms with Crippen molar-refractivity contribution >= 4 is 0 Å². The first-order valence-corrected chi connectivity index (χ1v) is 7.80. The van der Waals surface area contributed by atoms with Crippen molar-refractivity contribution in [2.75, 3.05) is 13.1 Å². The van der Waals surface area contributed by atoms with Crippen LogP contribution in [0.4, 0.5) is 0 Å². The second-order valence-corrected chi connectivity index (χ2v) is 6.78. The molecule has 1 aliphatic carbocycles. The van der Waals surface area contributed by atoms with E-state index in [0.717, 1.165) is 25.4 Å². The van der Waals surface area contributed by atoms with Crippen LogP contribution in [0.15, 0.2) is 42.9 Å². The summed E-state index contributed by atoms with van der Waals surface area (Å²) in [5.41, 5.74) is 4.49. The Morgan fingerprint density at radius 3 is 3.00 bits per heavy atom. The first-order valence-electron chi connectivity index (χ1n) is 7.80. The number of nitrogens with zero attached hydrogens (tertiary/aromatic N) is 3. The van der Waals surface area contributed by atoms with Crippen molar-refractivity contribution in [3.63, 3.8) is 0 Å². The maximum absolute atomic E-state index is 4.39. The summed E-state index contributed by atoms with van der Waals surface area (Å²) in [6.45, 7) is 5.75. The fourth-order valence-electron chi connectivity index (χ4n) is 3.76. The van der Waals surface area contributed by atoms with E-state index in [-0.39, 0.29) is 0 Å². The molecule has 0 amide bonds. The number of rotatable bonds is 3. The van der Waals surface area contributed by atoms with Gasteiger partial charge in [-0.3, -0.25) is 4.90 Å². The lowest BCUT2D eigenvalue weighted by molar-refractivity contribution is 0.206. The zero-order chi connectivity index (χ0) is 14.3. The standard InChI is InChI=1S/C18H21N3/c1-18(9-16(18)14-5-3-2-4-6-14)12-21-8-7-17-15(11-21)10-19-13-20-17/h2-6,10,13,16H,7-9,11-12H2,1H3/t16-,18-/m0/s1. The number of hydrogen-bond donors (Lipinski definition) is 0. The minimum Gasteiger partial charge on any atom is -0.298 e. The fraction of sp³-hybridized carbons (Fsp3) is 0.444. The molecule has 2 aliphatic rings. The Labute approximate surface area is 126 Å². The van der Waals surface area contributed by atoms with Gasteiger partial charge in [0.25, 0.3) is 0 Å². The van der Waals surface area contributed by atoms with Gasteiger partial charge < -0.3 is 0 Å². The molecule has 0 bridgehead atoms. The van der Waals surface area contributed by atoms with Gasteiger partial charge in [0.1, 0.15) is 6.33 Å². The summed E-state index contributed by atoms with van der Waals surface area (Å²) >= 11 is 0. The molecule has 1 fully saturated rings. The van der Waals surface area contributed by atoms with Crippen molar-refractivity contribution in [3.8, 4) is 0 Å². The van der Waals surface area contributed by atoms with Gasteiger partial charge in [0.05, 0.1) is 0 Å². The van der Waals surface area contributed by atoms with Crippen molar-refractivity contribution in [2.24, 2.45) is 5.41 Å². The average Bonchev–Trinajstić information content (AvgIpc) is 3.19. The van der Waals surface area contributed by atoms with Gasteiger partial charge in [0.15, 0.2) is 0 Å². The van der Waals surface area contributed by atoms with Crippen LogP contribution in [0.3, 0.4) is 0 Å². The molecule has 0 radical (unpaired) electrons. The van der Waals surface area contributed by atoms with Crippen molar-refractivity contribution in [1.29, 1.82) is 0 Å². The van der Waals surface area contributed by atoms with Crippen LogP contribution in [0, 0.1) is 5.41 Å². The summed E-state index contributed by atoms with van der Waals surface area (Å²) in [6.07, 6.45) is 6.02. The van der Waals surface area contributed by atoms with Gasteiger partial charge in [-0.1, -0.05) is 37.3 Å². The second-order valence-electron chi connectivity index (χ2n) is 6.78. The molecule has 1 saturated carbocycles. The molecule has 0 N–H and O–H groups in total. The smallest absolute Gasteiger partial charge is 0.115 e. The van der Waals surface area contributed by atoms with Crippen LogP contribution in [-0.4, -0.2) is 28.0 Å². The molecule has 1 aromatic carbocycles. The Morgan fingerprint density at radius 2 is 2.14 bits per heavy atom. The Hall–Kier alpha value is -1.74. The zero-order valence-corrected chi connectivity index (χ0v) is 12.5. The number of hydrogen-bond acceptors (Lipinski definition) is 3. The number of benzene rings is 1. The fourth-order valence-corrected chi connectivity index (χ4v) is 3.76. The molecule has 21 heavy (non-hydrogen) atoms. The Morgan fingerprint density at radius 1 is 1.29 bits per heavy atom. The minimum absolute atomic E-state index is 0.439. The van der Waals surface area contributed by atoms with Gasteiger partial charge in [-0.05, 0) is 23.3 Å². The van der Waals surface area contributed by atoms with E-state index < -0.39 is 0 Å². The van der Waals surface area contributed by atoms with Crippen LogP contribution in [0.2, 0.25) is 0 Å². The molecule has 4 rings (SSSR count). The summed E-state index contributed by atoms with van der Waals surface area (Å²) in [5.74, 6) is 0.729. The van der Waals surface area contributed by atoms with Gasteiger partial charge in [-0.2, -0.15) is 0 Å². The van der Waals surface area contributed by atoms with Crippen LogP contribution in [0.1, 0.15) is 36.1 Å². The molecule has 0 unspecified atom stereocenters. The Bertz CT molecular complexity index is 640. The normalized spacial score (nSPS) is 28.1. The van der Waals surface area contributed by atoms with E-state index in [0.29, 0.717) is 5.41 Å². The summed E-state index contributed by atoms with van der Waals surface area (Å²) in [7, 11) is 0. The molecule has 2 heterocycles. The summed E-state index contributed by atoms with van der Waals surface area (Å²) in [4.78, 5) is 11.1. The van der Waals surface area contributed by atoms with E-state index in [4.69, 9.17) is 0 Å². The molecule has 1 aromatic heterocycles. The molecule has 2 aromatic rings. The van der Waals surface area contributed by atoms with E-state index in [1.54, 1.807) is 6.33 Å². The third-order valence-corrected chi connectivity index (χ3v) is 5.08. The monoisotopic (exact) mass is 279 g/mol. The topological polar surface area (TPSA) is 29.0 Å². The zero-order valence-electron chi connectivity index (χ0n) is 12.5. The largest absolute Gasteiger partial charge is 0.298 e. The molecule has 2 atom stereocenters. The minimum atomic E-state index is 0.439. The maximum atomic E-state index is 4.39. The van der Waals surface area contributed by atoms with Gasteiger partial charge in [0, 0.05) is 43.5 Å². The predicted octanol–water partition coefficient (Wildman–Crippen LogP) is 3.03. The average molecular weight is 279 g/mol. The Balaban J connectivity index is 1.44. The lowest BCUT2D eigenvalue weighted by atomic mass is 9.98. The maximum Gasteiger partial charge on any atom is 0.115 e. The van der Waals surface area contributed by atoms with Crippen LogP contribution >= 0.6 is 0 Å². The van der Waals surface area contributed by atoms with Crippen LogP contribution in [0.25, 0.3) is 0 Å². The third-order valence-electron chi connectivity index (χ3n) is 5.08. The van der Waals surface area contributed by atoms with E-state index in [2.05, 4.69) is 52.1 Å². The molecule has 108 valence electrons. The van der Waals surface area contributed by atoms with Crippen LogP contribution in [0.5, 0.6) is 0 Å². The third kappa shape index (κ3) is 2.46. The van der Waals surface area contributed by atoms with Crippen LogP contribution in [-0.2, 0) is 13.0 Å². The van der Waals surface area contributed by atoms with Crippen molar-refractivity contribution in [2.45, 2.75) is 32.2 Å². The highest BCUT2D eigenvalue weighted by Crippen LogP contribution is 2.59. The van der Waals surface area contributed by atoms with Crippen molar-refractivity contribution in [1.82, 2.24) is 14.9 Å². The highest BCUT2D eigenvalue weighted by Gasteiger charge is 2.51. The summed E-state index contributed by atoms with van der Waals surface area (Å²) < 4.78 is 0. The van der Waals surface area contributed by atoms with Gasteiger partial charge >= 0.3 is 0 Å². The van der Waals surface area contributed by atoms with Gasteiger partial charge in [-0.25, -0.2) is 9.97 Å². The van der Waals surface area contributed by atoms with Gasteiger partial charge in [-0.15, -0.1) is 0 Å². The SMILES string of the molecule is C[C@@]1(CN2CCc3ncncc3C2)C[C@H]1c1ccccc1. The number of fused-ring (bicyclic) bond motifs is 1. The highest BCUT2D eigenvalue weighted by atomic mass is 15.1. The van der Waals surface area contributed by atoms with Crippen LogP contribution < -0.4 is 0 Å². The first-order chi connectivity index (χ1) is 10.2. The summed E-state index contributed by atoms with van der Waals surface area (Å²) in [5, 5.41) is 0. The molecule has 3 heteroatoms. The lowest BCUT2D eigenvalue weighted by Crippen LogP contribution is -2.35. The van der Waals surface area contributed by atoms with Crippen molar-refractivity contribution < 1.29 is 0 Å². The van der Waals surface area contributed by atoms with E-state index in [9.17, 15) is 0 Å². The lowest BCUT2D eigenvalue weighted by Gasteiger charge is -2.30. The summed E-state index contributed by atoms with van der Waals surface area (Å²) in [6, 6.07) is 11.0. The molecular formula is C18H21N3. The first kappa shape index (κ1) is 13.0. The molecule has 0 saturated heterocycles. The molecule has 3 nitrogen and oxygen atoms in total. The number of aromatic nitrogens is 2. The predicted molar refractivity (Wildman–Crippen MR) is 82.9 cm³/mol. The molecule has 0 spiro atoms. The Kier molecular flexibility index (Phi) is 3.03.